The Labute approximate surface area is 74.9 Å². The normalized spacial score (nSPS) is 28.8. The second kappa shape index (κ2) is 5.13. The van der Waals surface area contributed by atoms with E-state index in [0.29, 0.717) is 5.92 Å². The quantitative estimate of drug-likeness (QED) is 0.463. The molecule has 0 spiro atoms. The third kappa shape index (κ3) is 2.47. The molecule has 0 N–H and O–H groups in total. The Kier molecular flexibility index (Phi) is 4.06. The van der Waals surface area contributed by atoms with E-state index in [-0.39, 0.29) is 5.92 Å². The maximum Gasteiger partial charge on any atom is 0.127 e. The van der Waals surface area contributed by atoms with Gasteiger partial charge in [-0.2, -0.15) is 0 Å². The van der Waals surface area contributed by atoms with Crippen LogP contribution in [0.1, 0.15) is 39.0 Å². The summed E-state index contributed by atoms with van der Waals surface area (Å²) < 4.78 is 0. The number of carbonyl (C=O) groups excluding carboxylic acids is 1. The lowest BCUT2D eigenvalue weighted by molar-refractivity contribution is -0.111. The molecule has 1 nitrogen and oxygen atoms in total. The van der Waals surface area contributed by atoms with Crippen LogP contribution in [0.2, 0.25) is 0 Å². The molecule has 2 unspecified atom stereocenters. The Balaban J connectivity index is 2.39. The van der Waals surface area contributed by atoms with Crippen molar-refractivity contribution in [2.24, 2.45) is 11.8 Å². The van der Waals surface area contributed by atoms with Crippen LogP contribution >= 0.6 is 0 Å². The Morgan fingerprint density at radius 2 is 2.42 bits per heavy atom. The van der Waals surface area contributed by atoms with Crippen molar-refractivity contribution in [3.05, 3.63) is 12.2 Å². The highest BCUT2D eigenvalue weighted by atomic mass is 16.1. The average Bonchev–Trinajstić information content (AvgIpc) is 2.15. The van der Waals surface area contributed by atoms with Gasteiger partial charge in [-0.3, -0.25) is 0 Å². The van der Waals surface area contributed by atoms with Gasteiger partial charge in [0.05, 0.1) is 0 Å². The van der Waals surface area contributed by atoms with E-state index >= 15 is 0 Å². The molecule has 0 amide bonds. The van der Waals surface area contributed by atoms with E-state index in [1.807, 2.05) is 0 Å². The highest BCUT2D eigenvalue weighted by molar-refractivity contribution is 5.57. The first-order valence-corrected chi connectivity index (χ1v) is 5.00. The fourth-order valence-electron chi connectivity index (χ4n) is 1.87. The summed E-state index contributed by atoms with van der Waals surface area (Å²) in [5.74, 6) is 0.845. The van der Waals surface area contributed by atoms with Crippen LogP contribution < -0.4 is 0 Å². The van der Waals surface area contributed by atoms with Crippen molar-refractivity contribution in [3.63, 3.8) is 0 Å². The maximum absolute atomic E-state index is 10.7. The van der Waals surface area contributed by atoms with Gasteiger partial charge in [-0.15, -0.1) is 0 Å². The monoisotopic (exact) mass is 166 g/mol. The van der Waals surface area contributed by atoms with Crippen molar-refractivity contribution in [1.29, 1.82) is 0 Å². The van der Waals surface area contributed by atoms with Crippen LogP contribution in [0.25, 0.3) is 0 Å². The summed E-state index contributed by atoms with van der Waals surface area (Å²) in [6.45, 7) is 2.20. The second-order valence-electron chi connectivity index (χ2n) is 3.62. The fraction of sp³-hybridized carbons (Fsp3) is 0.727. The molecule has 0 fully saturated rings. The van der Waals surface area contributed by atoms with Crippen LogP contribution in [0.4, 0.5) is 0 Å². The van der Waals surface area contributed by atoms with Crippen molar-refractivity contribution < 1.29 is 4.79 Å². The molecule has 1 aliphatic rings. The first-order valence-electron chi connectivity index (χ1n) is 5.00. The van der Waals surface area contributed by atoms with Crippen LogP contribution in [-0.4, -0.2) is 6.29 Å². The molecule has 1 rings (SSSR count). The molecule has 0 bridgehead atoms. The largest absolute Gasteiger partial charge is 0.303 e. The van der Waals surface area contributed by atoms with Gasteiger partial charge in [0.15, 0.2) is 0 Å². The minimum absolute atomic E-state index is 0.213. The fourth-order valence-corrected chi connectivity index (χ4v) is 1.87. The standard InChI is InChI=1S/C11H18O/c1-2-3-6-10-7-4-5-8-11(10)9-12/h5,8-11H,2-4,6-7H2,1H3. The minimum Gasteiger partial charge on any atom is -0.303 e. The summed E-state index contributed by atoms with van der Waals surface area (Å²) in [7, 11) is 0. The highest BCUT2D eigenvalue weighted by Crippen LogP contribution is 2.27. The van der Waals surface area contributed by atoms with Gasteiger partial charge in [-0.05, 0) is 25.2 Å². The van der Waals surface area contributed by atoms with Gasteiger partial charge in [0.25, 0.3) is 0 Å². The van der Waals surface area contributed by atoms with Gasteiger partial charge >= 0.3 is 0 Å². The molecule has 0 aliphatic heterocycles. The smallest absolute Gasteiger partial charge is 0.127 e. The topological polar surface area (TPSA) is 17.1 Å². The number of unbranched alkanes of at least 4 members (excludes halogenated alkanes) is 1. The van der Waals surface area contributed by atoms with Gasteiger partial charge in [0.1, 0.15) is 6.29 Å². The van der Waals surface area contributed by atoms with Crippen molar-refractivity contribution in [2.75, 3.05) is 0 Å². The Hall–Kier alpha value is -0.590. The average molecular weight is 166 g/mol. The molecule has 0 radical (unpaired) electrons. The first-order chi connectivity index (χ1) is 5.88. The number of allylic oxidation sites excluding steroid dienone is 2. The summed E-state index contributed by atoms with van der Waals surface area (Å²) in [6, 6.07) is 0. The van der Waals surface area contributed by atoms with E-state index in [1.165, 1.54) is 32.1 Å². The number of aldehydes is 1. The van der Waals surface area contributed by atoms with Crippen molar-refractivity contribution in [3.8, 4) is 0 Å². The lowest BCUT2D eigenvalue weighted by Crippen LogP contribution is -2.16. The van der Waals surface area contributed by atoms with E-state index in [1.54, 1.807) is 0 Å². The van der Waals surface area contributed by atoms with Crippen LogP contribution in [0.5, 0.6) is 0 Å². The van der Waals surface area contributed by atoms with Gasteiger partial charge < -0.3 is 4.79 Å². The number of rotatable bonds is 4. The molecule has 12 heavy (non-hydrogen) atoms. The number of hydrogen-bond donors (Lipinski definition) is 0. The maximum atomic E-state index is 10.7. The van der Waals surface area contributed by atoms with Gasteiger partial charge in [-0.1, -0.05) is 31.9 Å². The van der Waals surface area contributed by atoms with E-state index in [9.17, 15) is 4.79 Å². The van der Waals surface area contributed by atoms with Crippen LogP contribution in [0.3, 0.4) is 0 Å². The second-order valence-corrected chi connectivity index (χ2v) is 3.62. The molecule has 0 saturated heterocycles. The molecule has 0 aromatic carbocycles. The molecular formula is C11H18O. The van der Waals surface area contributed by atoms with Crippen LogP contribution in [0, 0.1) is 11.8 Å². The molecule has 0 aromatic rings. The molecule has 0 heterocycles. The predicted octanol–water partition coefficient (Wildman–Crippen LogP) is 2.96. The van der Waals surface area contributed by atoms with E-state index in [4.69, 9.17) is 0 Å². The number of hydrogen-bond acceptors (Lipinski definition) is 1. The Morgan fingerprint density at radius 1 is 1.58 bits per heavy atom. The summed E-state index contributed by atoms with van der Waals surface area (Å²) in [5, 5.41) is 0. The SMILES string of the molecule is CCCCC1CCC=CC1C=O. The van der Waals surface area contributed by atoms with E-state index in [2.05, 4.69) is 19.1 Å². The third-order valence-corrected chi connectivity index (χ3v) is 2.69. The molecule has 0 saturated carbocycles. The lowest BCUT2D eigenvalue weighted by Gasteiger charge is -2.22. The van der Waals surface area contributed by atoms with E-state index < -0.39 is 0 Å². The zero-order valence-corrected chi connectivity index (χ0v) is 7.83. The minimum atomic E-state index is 0.213. The summed E-state index contributed by atoms with van der Waals surface area (Å²) in [5.41, 5.74) is 0. The zero-order chi connectivity index (χ0) is 8.81. The Bertz CT molecular complexity index is 160. The highest BCUT2D eigenvalue weighted by Gasteiger charge is 2.19. The third-order valence-electron chi connectivity index (χ3n) is 2.69. The number of carbonyl (C=O) groups is 1. The first kappa shape index (κ1) is 9.50. The van der Waals surface area contributed by atoms with Gasteiger partial charge in [0.2, 0.25) is 0 Å². The Morgan fingerprint density at radius 3 is 3.08 bits per heavy atom. The summed E-state index contributed by atoms with van der Waals surface area (Å²) in [6.07, 6.45) is 11.4. The van der Waals surface area contributed by atoms with E-state index in [0.717, 1.165) is 6.29 Å². The van der Waals surface area contributed by atoms with Crippen molar-refractivity contribution in [1.82, 2.24) is 0 Å². The summed E-state index contributed by atoms with van der Waals surface area (Å²) >= 11 is 0. The van der Waals surface area contributed by atoms with Crippen molar-refractivity contribution >= 4 is 6.29 Å². The molecular weight excluding hydrogens is 148 g/mol. The lowest BCUT2D eigenvalue weighted by atomic mass is 9.82. The summed E-state index contributed by atoms with van der Waals surface area (Å²) in [4.78, 5) is 10.7. The molecule has 0 aromatic heterocycles. The van der Waals surface area contributed by atoms with Crippen LogP contribution in [0.15, 0.2) is 12.2 Å². The van der Waals surface area contributed by atoms with Crippen molar-refractivity contribution in [2.45, 2.75) is 39.0 Å². The molecule has 2 atom stereocenters. The molecule has 1 aliphatic carbocycles. The van der Waals surface area contributed by atoms with Crippen LogP contribution in [-0.2, 0) is 4.79 Å². The molecule has 68 valence electrons. The van der Waals surface area contributed by atoms with Gasteiger partial charge in [-0.25, -0.2) is 0 Å². The zero-order valence-electron chi connectivity index (χ0n) is 7.83. The van der Waals surface area contributed by atoms with Gasteiger partial charge in [0, 0.05) is 5.92 Å². The predicted molar refractivity (Wildman–Crippen MR) is 50.9 cm³/mol. The molecule has 1 heteroatoms.